The van der Waals surface area contributed by atoms with Gasteiger partial charge in [-0.05, 0) is 61.6 Å². The zero-order valence-corrected chi connectivity index (χ0v) is 17.4. The minimum Gasteiger partial charge on any atom is -0.497 e. The van der Waals surface area contributed by atoms with Crippen LogP contribution < -0.4 is 9.64 Å². The molecule has 154 valence electrons. The SMILES string of the molecule is COc1ccc2c(c1)CCCN2C(=O)[C@H]1CCCCN1S(=O)(=O)c1ccccc1. The number of hydrogen-bond donors (Lipinski definition) is 0. The monoisotopic (exact) mass is 414 g/mol. The largest absolute Gasteiger partial charge is 0.497 e. The Bertz CT molecular complexity index is 991. The van der Waals surface area contributed by atoms with Crippen LogP contribution in [0.4, 0.5) is 5.69 Å². The van der Waals surface area contributed by atoms with E-state index in [0.29, 0.717) is 19.5 Å². The zero-order chi connectivity index (χ0) is 20.4. The Kier molecular flexibility index (Phi) is 5.61. The van der Waals surface area contributed by atoms with E-state index in [0.717, 1.165) is 42.7 Å². The number of hydrogen-bond acceptors (Lipinski definition) is 4. The van der Waals surface area contributed by atoms with E-state index >= 15 is 0 Å². The van der Waals surface area contributed by atoms with Gasteiger partial charge >= 0.3 is 0 Å². The topological polar surface area (TPSA) is 66.9 Å². The van der Waals surface area contributed by atoms with E-state index in [1.54, 1.807) is 42.3 Å². The van der Waals surface area contributed by atoms with Gasteiger partial charge in [0, 0.05) is 18.8 Å². The van der Waals surface area contributed by atoms with Crippen molar-refractivity contribution in [3.05, 3.63) is 54.1 Å². The van der Waals surface area contributed by atoms with Gasteiger partial charge in [0.25, 0.3) is 0 Å². The van der Waals surface area contributed by atoms with Crippen LogP contribution in [0.1, 0.15) is 31.2 Å². The summed E-state index contributed by atoms with van der Waals surface area (Å²) < 4.78 is 33.2. The molecule has 7 heteroatoms. The highest BCUT2D eigenvalue weighted by atomic mass is 32.2. The lowest BCUT2D eigenvalue weighted by Crippen LogP contribution is -2.54. The van der Waals surface area contributed by atoms with Gasteiger partial charge in [-0.2, -0.15) is 4.31 Å². The fourth-order valence-electron chi connectivity index (χ4n) is 4.28. The Morgan fingerprint density at radius 1 is 1.03 bits per heavy atom. The molecule has 29 heavy (non-hydrogen) atoms. The fourth-order valence-corrected chi connectivity index (χ4v) is 5.95. The molecule has 0 saturated carbocycles. The predicted molar refractivity (Wildman–Crippen MR) is 112 cm³/mol. The molecule has 6 nitrogen and oxygen atoms in total. The van der Waals surface area contributed by atoms with Gasteiger partial charge < -0.3 is 9.64 Å². The first-order valence-electron chi connectivity index (χ1n) is 10.1. The molecular formula is C22H26N2O4S. The van der Waals surface area contributed by atoms with Crippen molar-refractivity contribution in [2.24, 2.45) is 0 Å². The molecule has 1 amide bonds. The number of carbonyl (C=O) groups is 1. The number of anilines is 1. The third kappa shape index (κ3) is 3.76. The number of nitrogens with zero attached hydrogens (tertiary/aromatic N) is 2. The van der Waals surface area contributed by atoms with Crippen LogP contribution in [0.5, 0.6) is 5.75 Å². The summed E-state index contributed by atoms with van der Waals surface area (Å²) in [4.78, 5) is 15.6. The average Bonchev–Trinajstić information content (AvgIpc) is 2.78. The van der Waals surface area contributed by atoms with Crippen LogP contribution in [0.3, 0.4) is 0 Å². The van der Waals surface area contributed by atoms with E-state index in [1.165, 1.54) is 4.31 Å². The molecule has 2 aliphatic heterocycles. The van der Waals surface area contributed by atoms with Gasteiger partial charge in [-0.1, -0.05) is 24.6 Å². The molecule has 0 aromatic heterocycles. The van der Waals surface area contributed by atoms with Gasteiger partial charge in [0.05, 0.1) is 12.0 Å². The maximum atomic E-state index is 13.5. The Morgan fingerprint density at radius 2 is 1.83 bits per heavy atom. The molecule has 0 unspecified atom stereocenters. The van der Waals surface area contributed by atoms with Crippen molar-refractivity contribution >= 4 is 21.6 Å². The molecule has 0 radical (unpaired) electrons. The van der Waals surface area contributed by atoms with E-state index in [4.69, 9.17) is 4.74 Å². The van der Waals surface area contributed by atoms with E-state index in [-0.39, 0.29) is 10.8 Å². The Labute approximate surface area is 172 Å². The summed E-state index contributed by atoms with van der Waals surface area (Å²) in [5.41, 5.74) is 1.93. The van der Waals surface area contributed by atoms with E-state index in [9.17, 15) is 13.2 Å². The summed E-state index contributed by atoms with van der Waals surface area (Å²) in [7, 11) is -2.09. The van der Waals surface area contributed by atoms with Crippen molar-refractivity contribution < 1.29 is 17.9 Å². The summed E-state index contributed by atoms with van der Waals surface area (Å²) in [5, 5.41) is 0. The molecule has 1 saturated heterocycles. The Hall–Kier alpha value is -2.38. The smallest absolute Gasteiger partial charge is 0.245 e. The van der Waals surface area contributed by atoms with Crippen LogP contribution in [0.25, 0.3) is 0 Å². The molecule has 4 rings (SSSR count). The zero-order valence-electron chi connectivity index (χ0n) is 16.6. The third-order valence-electron chi connectivity index (χ3n) is 5.76. The van der Waals surface area contributed by atoms with Crippen LogP contribution >= 0.6 is 0 Å². The van der Waals surface area contributed by atoms with Gasteiger partial charge in [0.1, 0.15) is 11.8 Å². The number of carbonyl (C=O) groups excluding carboxylic acids is 1. The summed E-state index contributed by atoms with van der Waals surface area (Å²) >= 11 is 0. The lowest BCUT2D eigenvalue weighted by Gasteiger charge is -2.38. The first kappa shape index (κ1) is 19.9. The van der Waals surface area contributed by atoms with Crippen LogP contribution in [0.15, 0.2) is 53.4 Å². The highest BCUT2D eigenvalue weighted by Crippen LogP contribution is 2.33. The van der Waals surface area contributed by atoms with Gasteiger partial charge in [-0.15, -0.1) is 0 Å². The van der Waals surface area contributed by atoms with E-state index < -0.39 is 16.1 Å². The van der Waals surface area contributed by atoms with Gasteiger partial charge in [0.15, 0.2) is 0 Å². The molecule has 0 N–H and O–H groups in total. The standard InChI is InChI=1S/C22H26N2O4S/c1-28-18-12-13-20-17(16-18)8-7-14-23(20)22(25)21-11-5-6-15-24(21)29(26,27)19-9-3-2-4-10-19/h2-4,9-10,12-13,16,21H,5-8,11,14-15H2,1H3/t21-/m1/s1. The summed E-state index contributed by atoms with van der Waals surface area (Å²) in [5.74, 6) is 0.638. The highest BCUT2D eigenvalue weighted by molar-refractivity contribution is 7.89. The van der Waals surface area contributed by atoms with Crippen LogP contribution in [0, 0.1) is 0 Å². The van der Waals surface area contributed by atoms with Gasteiger partial charge in [-0.3, -0.25) is 4.79 Å². The number of aryl methyl sites for hydroxylation is 1. The average molecular weight is 415 g/mol. The number of amides is 1. The third-order valence-corrected chi connectivity index (χ3v) is 7.68. The number of methoxy groups -OCH3 is 1. The van der Waals surface area contributed by atoms with Gasteiger partial charge in [0.2, 0.25) is 15.9 Å². The van der Waals surface area contributed by atoms with Crippen LogP contribution in [-0.4, -0.2) is 44.9 Å². The number of benzene rings is 2. The van der Waals surface area contributed by atoms with Crippen molar-refractivity contribution in [2.45, 2.75) is 43.0 Å². The first-order chi connectivity index (χ1) is 14.0. The molecule has 2 aromatic rings. The van der Waals surface area contributed by atoms with E-state index in [2.05, 4.69) is 0 Å². The Balaban J connectivity index is 1.66. The predicted octanol–water partition coefficient (Wildman–Crippen LogP) is 3.22. The molecule has 1 atom stereocenters. The molecule has 1 fully saturated rings. The minimum absolute atomic E-state index is 0.129. The molecule has 2 heterocycles. The first-order valence-corrected chi connectivity index (χ1v) is 11.5. The summed E-state index contributed by atoms with van der Waals surface area (Å²) in [6.45, 7) is 0.977. The number of fused-ring (bicyclic) bond motifs is 1. The lowest BCUT2D eigenvalue weighted by atomic mass is 9.98. The van der Waals surface area contributed by atoms with Crippen LogP contribution in [0.2, 0.25) is 0 Å². The number of rotatable bonds is 4. The molecule has 2 aliphatic rings. The number of ether oxygens (including phenoxy) is 1. The maximum absolute atomic E-state index is 13.5. The van der Waals surface area contributed by atoms with Crippen molar-refractivity contribution in [1.29, 1.82) is 0 Å². The summed E-state index contributed by atoms with van der Waals surface area (Å²) in [6.07, 6.45) is 3.90. The highest BCUT2D eigenvalue weighted by Gasteiger charge is 2.40. The second-order valence-electron chi connectivity index (χ2n) is 7.53. The van der Waals surface area contributed by atoms with E-state index in [1.807, 2.05) is 18.2 Å². The normalized spacial score (nSPS) is 20.2. The second kappa shape index (κ2) is 8.16. The molecule has 2 aromatic carbocycles. The van der Waals surface area contributed by atoms with Crippen molar-refractivity contribution in [3.63, 3.8) is 0 Å². The second-order valence-corrected chi connectivity index (χ2v) is 9.42. The van der Waals surface area contributed by atoms with Gasteiger partial charge in [-0.25, -0.2) is 8.42 Å². The lowest BCUT2D eigenvalue weighted by molar-refractivity contribution is -0.123. The molecule has 0 spiro atoms. The molecule has 0 bridgehead atoms. The number of piperidine rings is 1. The van der Waals surface area contributed by atoms with Crippen LogP contribution in [-0.2, 0) is 21.2 Å². The Morgan fingerprint density at radius 3 is 2.59 bits per heavy atom. The minimum atomic E-state index is -3.72. The number of sulfonamides is 1. The quantitative estimate of drug-likeness (QED) is 0.771. The fraction of sp³-hybridized carbons (Fsp3) is 0.409. The molecular weight excluding hydrogens is 388 g/mol. The van der Waals surface area contributed by atoms with Crippen molar-refractivity contribution in [2.75, 3.05) is 25.1 Å². The van der Waals surface area contributed by atoms with Crippen molar-refractivity contribution in [1.82, 2.24) is 4.31 Å². The van der Waals surface area contributed by atoms with Crippen molar-refractivity contribution in [3.8, 4) is 5.75 Å². The summed E-state index contributed by atoms with van der Waals surface area (Å²) in [6, 6.07) is 13.5. The molecule has 0 aliphatic carbocycles. The maximum Gasteiger partial charge on any atom is 0.245 e.